The molecule has 0 heterocycles. The maximum atomic E-state index is 10.6. The molecule has 3 N–H and O–H groups in total. The summed E-state index contributed by atoms with van der Waals surface area (Å²) in [6.45, 7) is 2.36. The van der Waals surface area contributed by atoms with Gasteiger partial charge >= 0.3 is 16.1 Å². The van der Waals surface area contributed by atoms with E-state index in [0.717, 1.165) is 6.92 Å². The third-order valence-corrected chi connectivity index (χ3v) is 2.23. The van der Waals surface area contributed by atoms with Crippen molar-refractivity contribution in [2.45, 2.75) is 25.3 Å². The highest BCUT2D eigenvalue weighted by Crippen LogP contribution is 2.10. The van der Waals surface area contributed by atoms with Crippen LogP contribution in [0.5, 0.6) is 0 Å². The van der Waals surface area contributed by atoms with Crippen molar-refractivity contribution in [1.82, 2.24) is 0 Å². The Labute approximate surface area is 70.4 Å². The number of carbonyl (C=O) groups is 1. The molecule has 0 aliphatic carbocycles. The zero-order chi connectivity index (χ0) is 9.99. The first kappa shape index (κ1) is 11.3. The SMILES string of the molecule is CCC(=O)OC(C)(N)S(=O)(=O)O. The van der Waals surface area contributed by atoms with E-state index < -0.39 is 21.1 Å². The van der Waals surface area contributed by atoms with Crippen molar-refractivity contribution >= 4 is 16.1 Å². The number of hydrogen-bond acceptors (Lipinski definition) is 5. The van der Waals surface area contributed by atoms with Crippen LogP contribution in [0, 0.1) is 0 Å². The monoisotopic (exact) mass is 197 g/mol. The van der Waals surface area contributed by atoms with Crippen LogP contribution >= 0.6 is 0 Å². The molecule has 0 aliphatic rings. The van der Waals surface area contributed by atoms with Crippen molar-refractivity contribution in [1.29, 1.82) is 0 Å². The molecule has 0 aliphatic heterocycles. The Morgan fingerprint density at radius 3 is 2.33 bits per heavy atom. The first-order chi connectivity index (χ1) is 5.20. The fourth-order valence-electron chi connectivity index (χ4n) is 0.351. The maximum Gasteiger partial charge on any atom is 0.320 e. The van der Waals surface area contributed by atoms with E-state index in [2.05, 4.69) is 4.74 Å². The summed E-state index contributed by atoms with van der Waals surface area (Å²) in [4.78, 5) is 10.6. The molecule has 0 fully saturated rings. The molecular formula is C5H11NO5S. The van der Waals surface area contributed by atoms with Gasteiger partial charge in [0.05, 0.1) is 0 Å². The lowest BCUT2D eigenvalue weighted by Gasteiger charge is -2.20. The first-order valence-electron chi connectivity index (χ1n) is 3.18. The van der Waals surface area contributed by atoms with Crippen LogP contribution in [0.25, 0.3) is 0 Å². The molecule has 0 saturated carbocycles. The van der Waals surface area contributed by atoms with E-state index in [1.165, 1.54) is 6.92 Å². The van der Waals surface area contributed by atoms with Crippen molar-refractivity contribution in [3.8, 4) is 0 Å². The highest BCUT2D eigenvalue weighted by Gasteiger charge is 2.37. The Morgan fingerprint density at radius 1 is 1.67 bits per heavy atom. The Balaban J connectivity index is 4.56. The molecule has 0 radical (unpaired) electrons. The van der Waals surface area contributed by atoms with E-state index in [1.54, 1.807) is 0 Å². The van der Waals surface area contributed by atoms with Gasteiger partial charge in [0, 0.05) is 13.3 Å². The Bertz CT molecular complexity index is 268. The molecule has 1 atom stereocenters. The summed E-state index contributed by atoms with van der Waals surface area (Å²) in [6.07, 6.45) is -0.0116. The second-order valence-corrected chi connectivity index (χ2v) is 4.08. The molecule has 12 heavy (non-hydrogen) atoms. The minimum Gasteiger partial charge on any atom is -0.427 e. The topological polar surface area (TPSA) is 107 Å². The van der Waals surface area contributed by atoms with Gasteiger partial charge in [-0.3, -0.25) is 15.1 Å². The van der Waals surface area contributed by atoms with Gasteiger partial charge in [-0.25, -0.2) is 0 Å². The van der Waals surface area contributed by atoms with E-state index in [1.807, 2.05) is 0 Å². The number of nitrogens with two attached hydrogens (primary N) is 1. The van der Waals surface area contributed by atoms with E-state index in [0.29, 0.717) is 0 Å². The van der Waals surface area contributed by atoms with Gasteiger partial charge in [0.15, 0.2) is 0 Å². The van der Waals surface area contributed by atoms with Gasteiger partial charge in [0.1, 0.15) is 0 Å². The third kappa shape index (κ3) is 2.76. The minimum atomic E-state index is -4.57. The van der Waals surface area contributed by atoms with Crippen LogP contribution < -0.4 is 5.73 Å². The van der Waals surface area contributed by atoms with Crippen LogP contribution in [-0.4, -0.2) is 24.0 Å². The normalized spacial score (nSPS) is 16.7. The standard InChI is InChI=1S/C5H11NO5S/c1-3-4(7)11-5(2,6)12(8,9)10/h3,6H2,1-2H3,(H,8,9,10). The van der Waals surface area contributed by atoms with Crippen LogP contribution in [0.2, 0.25) is 0 Å². The average Bonchev–Trinajstić information content (AvgIpc) is 1.84. The third-order valence-electron chi connectivity index (χ3n) is 1.12. The zero-order valence-electron chi connectivity index (χ0n) is 6.77. The fourth-order valence-corrected chi connectivity index (χ4v) is 0.549. The summed E-state index contributed by atoms with van der Waals surface area (Å²) in [6, 6.07) is 0. The number of rotatable bonds is 3. The number of ether oxygens (including phenoxy) is 1. The molecule has 72 valence electrons. The van der Waals surface area contributed by atoms with Crippen LogP contribution in [0.1, 0.15) is 20.3 Å². The predicted octanol–water partition coefficient (Wildman–Crippen LogP) is -0.540. The number of carbonyl (C=O) groups excluding carboxylic acids is 1. The van der Waals surface area contributed by atoms with E-state index in [4.69, 9.17) is 10.3 Å². The number of esters is 1. The molecule has 0 spiro atoms. The lowest BCUT2D eigenvalue weighted by atomic mass is 10.5. The smallest absolute Gasteiger partial charge is 0.320 e. The van der Waals surface area contributed by atoms with E-state index in [9.17, 15) is 13.2 Å². The molecule has 0 bridgehead atoms. The summed E-state index contributed by atoms with van der Waals surface area (Å²) < 4.78 is 33.6. The summed E-state index contributed by atoms with van der Waals surface area (Å²) in [5, 5.41) is -2.36. The first-order valence-corrected chi connectivity index (χ1v) is 4.62. The quantitative estimate of drug-likeness (QED) is 0.357. The fraction of sp³-hybridized carbons (Fsp3) is 0.800. The summed E-state index contributed by atoms with van der Waals surface area (Å²) in [5.74, 6) is -0.794. The number of hydrogen-bond donors (Lipinski definition) is 2. The molecule has 0 aromatic heterocycles. The molecule has 7 heteroatoms. The highest BCUT2D eigenvalue weighted by molar-refractivity contribution is 7.87. The van der Waals surface area contributed by atoms with Gasteiger partial charge in [-0.15, -0.1) is 0 Å². The molecule has 6 nitrogen and oxygen atoms in total. The van der Waals surface area contributed by atoms with Crippen LogP contribution in [0.15, 0.2) is 0 Å². The molecule has 0 rings (SSSR count). The Hall–Kier alpha value is -0.660. The zero-order valence-corrected chi connectivity index (χ0v) is 7.59. The van der Waals surface area contributed by atoms with E-state index >= 15 is 0 Å². The highest BCUT2D eigenvalue weighted by atomic mass is 32.2. The Kier molecular flexibility index (Phi) is 3.19. The molecule has 1 unspecified atom stereocenters. The predicted molar refractivity (Wildman–Crippen MR) is 40.5 cm³/mol. The van der Waals surface area contributed by atoms with Gasteiger partial charge in [-0.05, 0) is 0 Å². The largest absolute Gasteiger partial charge is 0.427 e. The molecule has 0 aromatic carbocycles. The Morgan fingerprint density at radius 2 is 2.08 bits per heavy atom. The van der Waals surface area contributed by atoms with Gasteiger partial charge in [0.2, 0.25) is 0 Å². The van der Waals surface area contributed by atoms with Gasteiger partial charge in [-0.2, -0.15) is 8.42 Å². The van der Waals surface area contributed by atoms with Crippen LogP contribution in [0.4, 0.5) is 0 Å². The summed E-state index contributed by atoms with van der Waals surface area (Å²) >= 11 is 0. The minimum absolute atomic E-state index is 0.0116. The van der Waals surface area contributed by atoms with Gasteiger partial charge in [0.25, 0.3) is 5.06 Å². The summed E-state index contributed by atoms with van der Waals surface area (Å²) in [5.41, 5.74) is 4.99. The van der Waals surface area contributed by atoms with E-state index in [-0.39, 0.29) is 6.42 Å². The maximum absolute atomic E-state index is 10.6. The van der Waals surface area contributed by atoms with Gasteiger partial charge < -0.3 is 4.74 Å². The lowest BCUT2D eigenvalue weighted by molar-refractivity contribution is -0.150. The second kappa shape index (κ2) is 3.38. The average molecular weight is 197 g/mol. The van der Waals surface area contributed by atoms with Crippen LogP contribution in [0.3, 0.4) is 0 Å². The molecule has 0 aromatic rings. The van der Waals surface area contributed by atoms with Crippen molar-refractivity contribution in [3.05, 3.63) is 0 Å². The van der Waals surface area contributed by atoms with Crippen LogP contribution in [-0.2, 0) is 19.6 Å². The van der Waals surface area contributed by atoms with Crippen molar-refractivity contribution in [2.24, 2.45) is 5.73 Å². The molecular weight excluding hydrogens is 186 g/mol. The lowest BCUT2D eigenvalue weighted by Crippen LogP contribution is -2.48. The van der Waals surface area contributed by atoms with Crippen molar-refractivity contribution in [2.75, 3.05) is 0 Å². The van der Waals surface area contributed by atoms with Crippen molar-refractivity contribution < 1.29 is 22.5 Å². The molecule has 0 amide bonds. The summed E-state index contributed by atoms with van der Waals surface area (Å²) in [7, 11) is -4.57. The van der Waals surface area contributed by atoms with Crippen molar-refractivity contribution in [3.63, 3.8) is 0 Å². The van der Waals surface area contributed by atoms with Gasteiger partial charge in [-0.1, -0.05) is 6.92 Å². The molecule has 0 saturated heterocycles. The second-order valence-electron chi connectivity index (χ2n) is 2.32.